The monoisotopic (exact) mass is 417 g/mol. The summed E-state index contributed by atoms with van der Waals surface area (Å²) in [4.78, 5) is 52.4. The van der Waals surface area contributed by atoms with Gasteiger partial charge in [-0.3, -0.25) is 13.7 Å². The van der Waals surface area contributed by atoms with E-state index in [1.807, 2.05) is 0 Å². The minimum absolute atomic E-state index is 0.466. The van der Waals surface area contributed by atoms with Crippen LogP contribution in [0, 0.1) is 0 Å². The molecular formula is C10H17N3O11P2. The first-order valence-electron chi connectivity index (χ1n) is 6.90. The molecule has 2 heterocycles. The smallest absolute Gasteiger partial charge is 0.351 e. The van der Waals surface area contributed by atoms with Gasteiger partial charge in [-0.25, -0.2) is 4.79 Å². The molecule has 0 saturated carbocycles. The summed E-state index contributed by atoms with van der Waals surface area (Å²) in [7, 11) is -10.9. The molecule has 148 valence electrons. The summed E-state index contributed by atoms with van der Waals surface area (Å²) in [5.41, 5.74) is 3.37. The van der Waals surface area contributed by atoms with Gasteiger partial charge >= 0.3 is 20.9 Å². The van der Waals surface area contributed by atoms with Gasteiger partial charge in [0.2, 0.25) is 0 Å². The highest BCUT2D eigenvalue weighted by Gasteiger charge is 2.48. The minimum atomic E-state index is -5.45. The van der Waals surface area contributed by atoms with Crippen molar-refractivity contribution in [1.82, 2.24) is 9.55 Å². The highest BCUT2D eigenvalue weighted by Crippen LogP contribution is 2.70. The van der Waals surface area contributed by atoms with Crippen LogP contribution in [0.4, 0.5) is 5.82 Å². The van der Waals surface area contributed by atoms with E-state index in [0.717, 1.165) is 0 Å². The molecule has 1 aromatic rings. The highest BCUT2D eigenvalue weighted by atomic mass is 31.2. The van der Waals surface area contributed by atoms with Crippen LogP contribution in [0.5, 0.6) is 0 Å². The van der Waals surface area contributed by atoms with Crippen molar-refractivity contribution in [2.45, 2.75) is 29.9 Å². The van der Waals surface area contributed by atoms with Crippen molar-refractivity contribution in [3.8, 4) is 0 Å². The molecule has 14 nitrogen and oxygen atoms in total. The number of anilines is 1. The molecule has 0 radical (unpaired) electrons. The van der Waals surface area contributed by atoms with Crippen LogP contribution in [0.2, 0.25) is 0 Å². The largest absolute Gasteiger partial charge is 0.394 e. The lowest BCUT2D eigenvalue weighted by Gasteiger charge is -2.23. The van der Waals surface area contributed by atoms with Gasteiger partial charge in [0.05, 0.1) is 6.61 Å². The van der Waals surface area contributed by atoms with Crippen molar-refractivity contribution in [2.75, 3.05) is 12.3 Å². The first kappa shape index (κ1) is 21.1. The summed E-state index contributed by atoms with van der Waals surface area (Å²) < 4.78 is 28.6. The molecule has 16 heteroatoms. The third-order valence-corrected chi connectivity index (χ3v) is 7.35. The van der Waals surface area contributed by atoms with Crippen molar-refractivity contribution in [3.63, 3.8) is 0 Å². The Morgan fingerprint density at radius 2 is 1.73 bits per heavy atom. The number of rotatable bonds is 5. The van der Waals surface area contributed by atoms with Crippen LogP contribution in [0.15, 0.2) is 11.0 Å². The lowest BCUT2D eigenvalue weighted by Crippen LogP contribution is -2.36. The van der Waals surface area contributed by atoms with Gasteiger partial charge in [0.15, 0.2) is 11.6 Å². The molecule has 0 unspecified atom stereocenters. The lowest BCUT2D eigenvalue weighted by atomic mass is 10.1. The van der Waals surface area contributed by atoms with E-state index in [0.29, 0.717) is 10.8 Å². The zero-order valence-electron chi connectivity index (χ0n) is 12.8. The Balaban J connectivity index is 2.63. The van der Waals surface area contributed by atoms with E-state index in [2.05, 4.69) is 4.98 Å². The molecule has 1 aliphatic heterocycles. The SMILES string of the molecule is Nc1nc(=O)n([C@@H]2O[C@H](CO)[C@@H](O)[C@H]2O)cc1C(P(=O)(O)O)P(=O)(O)O. The second-order valence-corrected chi connectivity index (χ2v) is 9.35. The van der Waals surface area contributed by atoms with E-state index in [1.165, 1.54) is 0 Å². The third-order valence-electron chi connectivity index (χ3n) is 3.72. The van der Waals surface area contributed by atoms with Crippen molar-refractivity contribution < 1.29 is 48.8 Å². The van der Waals surface area contributed by atoms with Gasteiger partial charge < -0.3 is 45.4 Å². The van der Waals surface area contributed by atoms with Gasteiger partial charge in [-0.1, -0.05) is 0 Å². The Kier molecular flexibility index (Phi) is 5.76. The average molecular weight is 417 g/mol. The fourth-order valence-corrected chi connectivity index (χ4v) is 5.24. The average Bonchev–Trinajstić information content (AvgIpc) is 2.75. The molecule has 1 aromatic heterocycles. The number of hydrogen-bond donors (Lipinski definition) is 8. The summed E-state index contributed by atoms with van der Waals surface area (Å²) >= 11 is 0. The van der Waals surface area contributed by atoms with Crippen molar-refractivity contribution in [2.24, 2.45) is 0 Å². The topological polar surface area (TPSA) is 246 Å². The third kappa shape index (κ3) is 3.89. The van der Waals surface area contributed by atoms with Crippen LogP contribution in [-0.4, -0.2) is 69.4 Å². The molecule has 1 fully saturated rings. The zero-order chi connectivity index (χ0) is 20.0. The molecule has 9 N–H and O–H groups in total. The maximum atomic E-state index is 12.0. The standard InChI is InChI=1S/C10H17N3O11P2/c11-7-3(9(25(18,19)20)26(21,22)23)1-13(10(17)12-7)8-6(16)5(15)4(2-14)24-8/h1,4-6,8-9,14-16H,2H2,(H2,11,12,17)(H2,18,19,20)(H2,21,22,23)/t4-,5-,6-,8-/m1/s1. The van der Waals surface area contributed by atoms with E-state index in [-0.39, 0.29) is 0 Å². The first-order valence-corrected chi connectivity index (χ1v) is 10.3. The summed E-state index contributed by atoms with van der Waals surface area (Å²) in [6.45, 7) is -0.716. The van der Waals surface area contributed by atoms with Crippen LogP contribution in [0.1, 0.15) is 17.2 Å². The fraction of sp³-hybridized carbons (Fsp3) is 0.600. The van der Waals surface area contributed by atoms with Crippen molar-refractivity contribution in [3.05, 3.63) is 22.2 Å². The van der Waals surface area contributed by atoms with Crippen molar-refractivity contribution >= 4 is 21.0 Å². The normalized spacial score (nSPS) is 27.2. The number of nitrogen functional groups attached to an aromatic ring is 1. The molecule has 4 atom stereocenters. The van der Waals surface area contributed by atoms with Gasteiger partial charge in [-0.05, 0) is 0 Å². The molecule has 2 rings (SSSR count). The van der Waals surface area contributed by atoms with E-state index in [9.17, 15) is 43.7 Å². The van der Waals surface area contributed by atoms with Crippen LogP contribution < -0.4 is 11.4 Å². The Morgan fingerprint density at radius 1 is 1.19 bits per heavy atom. The molecule has 1 aliphatic rings. The van der Waals surface area contributed by atoms with E-state index in [4.69, 9.17) is 15.6 Å². The molecular weight excluding hydrogens is 400 g/mol. The Labute approximate surface area is 144 Å². The van der Waals surface area contributed by atoms with Crippen LogP contribution in [0.3, 0.4) is 0 Å². The van der Waals surface area contributed by atoms with Gasteiger partial charge in [0, 0.05) is 11.8 Å². The number of hydrogen-bond acceptors (Lipinski definition) is 9. The van der Waals surface area contributed by atoms with Crippen LogP contribution >= 0.6 is 15.2 Å². The molecule has 0 spiro atoms. The maximum absolute atomic E-state index is 12.0. The molecule has 1 saturated heterocycles. The number of nitrogens with zero attached hydrogens (tertiary/aromatic N) is 2. The Morgan fingerprint density at radius 3 is 2.15 bits per heavy atom. The van der Waals surface area contributed by atoms with E-state index >= 15 is 0 Å². The molecule has 0 aliphatic carbocycles. The number of nitrogens with two attached hydrogens (primary N) is 1. The molecule has 0 bridgehead atoms. The Bertz CT molecular complexity index is 810. The van der Waals surface area contributed by atoms with Gasteiger partial charge in [-0.15, -0.1) is 0 Å². The maximum Gasteiger partial charge on any atom is 0.351 e. The second-order valence-electron chi connectivity index (χ2n) is 5.55. The summed E-state index contributed by atoms with van der Waals surface area (Å²) in [6, 6.07) is 0. The highest BCUT2D eigenvalue weighted by molar-refractivity contribution is 7.70. The van der Waals surface area contributed by atoms with Gasteiger partial charge in [0.1, 0.15) is 24.1 Å². The van der Waals surface area contributed by atoms with Crippen LogP contribution in [0.25, 0.3) is 0 Å². The zero-order valence-corrected chi connectivity index (χ0v) is 14.6. The predicted molar refractivity (Wildman–Crippen MR) is 82.7 cm³/mol. The lowest BCUT2D eigenvalue weighted by molar-refractivity contribution is -0.0550. The Hall–Kier alpha value is -1.18. The summed E-state index contributed by atoms with van der Waals surface area (Å²) in [5, 5.41) is 26.0. The molecule has 0 aromatic carbocycles. The number of ether oxygens (including phenoxy) is 1. The van der Waals surface area contributed by atoms with Gasteiger partial charge in [-0.2, -0.15) is 4.98 Å². The van der Waals surface area contributed by atoms with Crippen molar-refractivity contribution in [1.29, 1.82) is 0 Å². The summed E-state index contributed by atoms with van der Waals surface area (Å²) in [6.07, 6.45) is -5.68. The van der Waals surface area contributed by atoms with E-state index in [1.54, 1.807) is 0 Å². The predicted octanol–water partition coefficient (Wildman–Crippen LogP) is -3.21. The quantitative estimate of drug-likeness (QED) is 0.220. The fourth-order valence-electron chi connectivity index (χ4n) is 2.55. The van der Waals surface area contributed by atoms with E-state index < -0.39 is 68.8 Å². The first-order chi connectivity index (χ1) is 11.8. The number of aliphatic hydroxyl groups is 3. The molecule has 0 amide bonds. The number of aromatic nitrogens is 2. The summed E-state index contributed by atoms with van der Waals surface area (Å²) in [5.74, 6) is -0.838. The number of aliphatic hydroxyl groups excluding tert-OH is 3. The minimum Gasteiger partial charge on any atom is -0.394 e. The van der Waals surface area contributed by atoms with Crippen LogP contribution in [-0.2, 0) is 13.9 Å². The second kappa shape index (κ2) is 7.09. The van der Waals surface area contributed by atoms with Gasteiger partial charge in [0.25, 0.3) is 0 Å². The molecule has 26 heavy (non-hydrogen) atoms.